The molecule has 0 bridgehead atoms. The number of nitrogens with zero attached hydrogens (tertiary/aromatic N) is 3. The van der Waals surface area contributed by atoms with Gasteiger partial charge in [0.15, 0.2) is 5.96 Å². The third-order valence-corrected chi connectivity index (χ3v) is 3.54. The SMILES string of the molecule is CN=C(NCCCn1nc(C)cc1C)NCCOCCC(C)C. The van der Waals surface area contributed by atoms with Gasteiger partial charge in [-0.1, -0.05) is 13.8 Å². The van der Waals surface area contributed by atoms with Crippen LogP contribution in [0.15, 0.2) is 11.1 Å². The van der Waals surface area contributed by atoms with E-state index in [1.165, 1.54) is 5.69 Å². The highest BCUT2D eigenvalue weighted by molar-refractivity contribution is 5.79. The summed E-state index contributed by atoms with van der Waals surface area (Å²) in [7, 11) is 1.79. The van der Waals surface area contributed by atoms with Crippen molar-refractivity contribution >= 4 is 5.96 Å². The minimum Gasteiger partial charge on any atom is -0.380 e. The lowest BCUT2D eigenvalue weighted by Crippen LogP contribution is -2.39. The van der Waals surface area contributed by atoms with E-state index in [9.17, 15) is 0 Å². The zero-order valence-corrected chi connectivity index (χ0v) is 15.4. The molecule has 0 fully saturated rings. The first-order valence-electron chi connectivity index (χ1n) is 8.56. The van der Waals surface area contributed by atoms with Gasteiger partial charge in [0, 0.05) is 39.0 Å². The zero-order valence-electron chi connectivity index (χ0n) is 15.4. The van der Waals surface area contributed by atoms with Gasteiger partial charge in [-0.2, -0.15) is 5.10 Å². The van der Waals surface area contributed by atoms with Gasteiger partial charge in [-0.15, -0.1) is 0 Å². The molecule has 23 heavy (non-hydrogen) atoms. The Morgan fingerprint density at radius 2 is 2.00 bits per heavy atom. The van der Waals surface area contributed by atoms with Gasteiger partial charge in [-0.25, -0.2) is 0 Å². The van der Waals surface area contributed by atoms with Crippen molar-refractivity contribution in [1.82, 2.24) is 20.4 Å². The number of guanidine groups is 1. The highest BCUT2D eigenvalue weighted by Crippen LogP contribution is 2.02. The number of hydrogen-bond donors (Lipinski definition) is 2. The standard InChI is InChI=1S/C17H33N5O/c1-14(2)7-11-23-12-9-20-17(18-5)19-8-6-10-22-16(4)13-15(3)21-22/h13-14H,6-12H2,1-5H3,(H2,18,19,20). The summed E-state index contributed by atoms with van der Waals surface area (Å²) in [6.07, 6.45) is 2.12. The molecule has 0 aliphatic rings. The second kappa shape index (κ2) is 11.0. The van der Waals surface area contributed by atoms with Gasteiger partial charge < -0.3 is 15.4 Å². The smallest absolute Gasteiger partial charge is 0.191 e. The van der Waals surface area contributed by atoms with E-state index in [4.69, 9.17) is 4.74 Å². The minimum atomic E-state index is 0.694. The summed E-state index contributed by atoms with van der Waals surface area (Å²) < 4.78 is 7.63. The molecule has 2 N–H and O–H groups in total. The maximum atomic E-state index is 5.58. The van der Waals surface area contributed by atoms with Crippen LogP contribution in [0.5, 0.6) is 0 Å². The molecule has 0 saturated heterocycles. The highest BCUT2D eigenvalue weighted by Gasteiger charge is 2.01. The van der Waals surface area contributed by atoms with Crippen molar-refractivity contribution in [2.45, 2.75) is 47.1 Å². The number of aliphatic imine (C=N–C) groups is 1. The number of aryl methyl sites for hydroxylation is 3. The summed E-state index contributed by atoms with van der Waals surface area (Å²) in [5.74, 6) is 1.52. The van der Waals surface area contributed by atoms with Crippen LogP contribution >= 0.6 is 0 Å². The highest BCUT2D eigenvalue weighted by atomic mass is 16.5. The van der Waals surface area contributed by atoms with Crippen molar-refractivity contribution in [3.63, 3.8) is 0 Å². The second-order valence-corrected chi connectivity index (χ2v) is 6.22. The van der Waals surface area contributed by atoms with Crippen LogP contribution in [0.2, 0.25) is 0 Å². The fourth-order valence-corrected chi connectivity index (χ4v) is 2.22. The summed E-state index contributed by atoms with van der Waals surface area (Å²) >= 11 is 0. The average Bonchev–Trinajstić information content (AvgIpc) is 2.82. The van der Waals surface area contributed by atoms with Crippen LogP contribution in [0.3, 0.4) is 0 Å². The summed E-state index contributed by atoms with van der Waals surface area (Å²) in [4.78, 5) is 4.22. The van der Waals surface area contributed by atoms with E-state index < -0.39 is 0 Å². The Morgan fingerprint density at radius 3 is 2.61 bits per heavy atom. The molecule has 6 nitrogen and oxygen atoms in total. The number of ether oxygens (including phenoxy) is 1. The molecule has 1 aromatic heterocycles. The lowest BCUT2D eigenvalue weighted by molar-refractivity contribution is 0.128. The van der Waals surface area contributed by atoms with Gasteiger partial charge in [0.1, 0.15) is 0 Å². The van der Waals surface area contributed by atoms with Crippen LogP contribution < -0.4 is 10.6 Å². The van der Waals surface area contributed by atoms with Crippen LogP contribution in [0, 0.1) is 19.8 Å². The Balaban J connectivity index is 2.09. The molecule has 0 aliphatic carbocycles. The predicted octanol–water partition coefficient (Wildman–Crippen LogP) is 2.12. The van der Waals surface area contributed by atoms with Gasteiger partial charge in [-0.3, -0.25) is 9.67 Å². The molecule has 0 radical (unpaired) electrons. The van der Waals surface area contributed by atoms with Crippen molar-refractivity contribution in [3.8, 4) is 0 Å². The van der Waals surface area contributed by atoms with Crippen LogP contribution in [0.4, 0.5) is 0 Å². The first-order valence-corrected chi connectivity index (χ1v) is 8.56. The van der Waals surface area contributed by atoms with Gasteiger partial charge in [0.25, 0.3) is 0 Å². The minimum absolute atomic E-state index is 0.694. The van der Waals surface area contributed by atoms with E-state index in [1.807, 2.05) is 6.92 Å². The fraction of sp³-hybridized carbons (Fsp3) is 0.765. The van der Waals surface area contributed by atoms with E-state index in [-0.39, 0.29) is 0 Å². The molecular weight excluding hydrogens is 290 g/mol. The predicted molar refractivity (Wildman–Crippen MR) is 96.0 cm³/mol. The first kappa shape index (κ1) is 19.5. The molecular formula is C17H33N5O. The maximum absolute atomic E-state index is 5.58. The van der Waals surface area contributed by atoms with E-state index in [1.54, 1.807) is 7.05 Å². The molecule has 0 saturated carbocycles. The molecule has 1 rings (SSSR count). The first-order chi connectivity index (χ1) is 11.0. The van der Waals surface area contributed by atoms with Crippen molar-refractivity contribution in [1.29, 1.82) is 0 Å². The Hall–Kier alpha value is -1.56. The molecule has 1 aromatic rings. The van der Waals surface area contributed by atoms with Crippen LogP contribution in [0.25, 0.3) is 0 Å². The van der Waals surface area contributed by atoms with E-state index >= 15 is 0 Å². The summed E-state index contributed by atoms with van der Waals surface area (Å²) in [6.45, 7) is 12.6. The summed E-state index contributed by atoms with van der Waals surface area (Å²) in [5.41, 5.74) is 2.29. The van der Waals surface area contributed by atoms with Gasteiger partial charge in [0.05, 0.1) is 12.3 Å². The van der Waals surface area contributed by atoms with Crippen molar-refractivity contribution < 1.29 is 4.74 Å². The lowest BCUT2D eigenvalue weighted by Gasteiger charge is -2.12. The zero-order chi connectivity index (χ0) is 17.1. The van der Waals surface area contributed by atoms with Gasteiger partial charge in [-0.05, 0) is 38.7 Å². The largest absolute Gasteiger partial charge is 0.380 e. The second-order valence-electron chi connectivity index (χ2n) is 6.22. The molecule has 0 aliphatic heterocycles. The van der Waals surface area contributed by atoms with E-state index in [0.29, 0.717) is 12.5 Å². The molecule has 0 atom stereocenters. The van der Waals surface area contributed by atoms with Crippen LogP contribution in [-0.2, 0) is 11.3 Å². The Labute approximate surface area is 140 Å². The maximum Gasteiger partial charge on any atom is 0.191 e. The molecule has 1 heterocycles. The van der Waals surface area contributed by atoms with Crippen molar-refractivity contribution in [2.75, 3.05) is 33.4 Å². The topological polar surface area (TPSA) is 63.5 Å². The number of hydrogen-bond acceptors (Lipinski definition) is 3. The molecule has 0 spiro atoms. The molecule has 132 valence electrons. The summed E-state index contributed by atoms with van der Waals surface area (Å²) in [5, 5.41) is 11.0. The van der Waals surface area contributed by atoms with Gasteiger partial charge in [0.2, 0.25) is 0 Å². The fourth-order valence-electron chi connectivity index (χ4n) is 2.22. The van der Waals surface area contributed by atoms with Crippen LogP contribution in [-0.4, -0.2) is 49.1 Å². The number of nitrogens with one attached hydrogen (secondary N) is 2. The monoisotopic (exact) mass is 323 g/mol. The van der Waals surface area contributed by atoms with Crippen molar-refractivity contribution in [3.05, 3.63) is 17.5 Å². The Kier molecular flexibility index (Phi) is 9.36. The third kappa shape index (κ3) is 8.59. The number of aromatic nitrogens is 2. The van der Waals surface area contributed by atoms with E-state index in [0.717, 1.165) is 50.7 Å². The Morgan fingerprint density at radius 1 is 1.26 bits per heavy atom. The van der Waals surface area contributed by atoms with Crippen molar-refractivity contribution in [2.24, 2.45) is 10.9 Å². The Bertz CT molecular complexity index is 468. The normalized spacial score (nSPS) is 12.0. The molecule has 0 amide bonds. The van der Waals surface area contributed by atoms with E-state index in [2.05, 4.69) is 52.2 Å². The third-order valence-electron chi connectivity index (χ3n) is 3.54. The number of rotatable bonds is 10. The quantitative estimate of drug-likeness (QED) is 0.393. The van der Waals surface area contributed by atoms with Crippen LogP contribution in [0.1, 0.15) is 38.1 Å². The molecule has 6 heteroatoms. The summed E-state index contributed by atoms with van der Waals surface area (Å²) in [6, 6.07) is 2.10. The molecule has 0 unspecified atom stereocenters. The average molecular weight is 323 g/mol. The molecule has 0 aromatic carbocycles. The van der Waals surface area contributed by atoms with Gasteiger partial charge >= 0.3 is 0 Å². The lowest BCUT2D eigenvalue weighted by atomic mass is 10.1.